The van der Waals surface area contributed by atoms with E-state index in [1.54, 1.807) is 6.07 Å². The molecule has 1 aliphatic rings. The largest absolute Gasteiger partial charge is 0.401 e. The van der Waals surface area contributed by atoms with Gasteiger partial charge >= 0.3 is 0 Å². The molecule has 0 bridgehead atoms. The number of hydrogen-bond donors (Lipinski definition) is 0. The summed E-state index contributed by atoms with van der Waals surface area (Å²) in [7, 11) is -3.01. The van der Waals surface area contributed by atoms with Gasteiger partial charge in [0.2, 0.25) is 0 Å². The number of alkyl halides is 2. The fourth-order valence-electron chi connectivity index (χ4n) is 5.54. The fourth-order valence-corrected chi connectivity index (χ4v) is 10.1. The Kier molecular flexibility index (Phi) is 8.15. The van der Waals surface area contributed by atoms with Gasteiger partial charge in [-0.2, -0.15) is 0 Å². The Bertz CT molecular complexity index is 1180. The van der Waals surface area contributed by atoms with Gasteiger partial charge in [-0.3, -0.25) is 0 Å². The molecule has 0 aromatic heterocycles. The van der Waals surface area contributed by atoms with Crippen LogP contribution in [0.25, 0.3) is 5.57 Å². The van der Waals surface area contributed by atoms with Crippen molar-refractivity contribution in [2.24, 2.45) is 5.92 Å². The van der Waals surface area contributed by atoms with Crippen molar-refractivity contribution in [3.63, 3.8) is 0 Å². The van der Waals surface area contributed by atoms with Crippen LogP contribution in [-0.2, 0) is 10.8 Å². The van der Waals surface area contributed by atoms with Gasteiger partial charge in [0, 0.05) is 6.42 Å². The second-order valence-corrected chi connectivity index (χ2v) is 15.7. The lowest BCUT2D eigenvalue weighted by atomic mass is 9.92. The highest BCUT2D eigenvalue weighted by atomic mass is 28.4. The van der Waals surface area contributed by atoms with Gasteiger partial charge in [0.05, 0.1) is 6.61 Å². The Hall–Kier alpha value is -2.63. The summed E-state index contributed by atoms with van der Waals surface area (Å²) in [5.41, 5.74) is 3.09. The molecule has 0 N–H and O–H groups in total. The number of benzene rings is 3. The smallest absolute Gasteiger partial charge is 0.269 e. The van der Waals surface area contributed by atoms with Crippen molar-refractivity contribution >= 4 is 24.3 Å². The molecule has 0 saturated carbocycles. The zero-order valence-electron chi connectivity index (χ0n) is 22.2. The van der Waals surface area contributed by atoms with Crippen LogP contribution in [0.5, 0.6) is 0 Å². The van der Waals surface area contributed by atoms with Crippen LogP contribution in [0.1, 0.15) is 58.1 Å². The van der Waals surface area contributed by atoms with E-state index in [1.165, 1.54) is 6.07 Å². The molecule has 0 aliphatic heterocycles. The van der Waals surface area contributed by atoms with Crippen molar-refractivity contribution in [3.8, 4) is 0 Å². The van der Waals surface area contributed by atoms with Gasteiger partial charge in [0.1, 0.15) is 5.82 Å². The van der Waals surface area contributed by atoms with Crippen molar-refractivity contribution in [2.75, 3.05) is 6.61 Å². The van der Waals surface area contributed by atoms with E-state index < -0.39 is 20.8 Å². The second kappa shape index (κ2) is 11.0. The maximum atomic E-state index is 15.4. The van der Waals surface area contributed by atoms with E-state index in [4.69, 9.17) is 4.43 Å². The molecule has 1 atom stereocenters. The van der Waals surface area contributed by atoms with Crippen LogP contribution in [-0.4, -0.2) is 20.8 Å². The summed E-state index contributed by atoms with van der Waals surface area (Å²) in [6, 6.07) is 24.6. The van der Waals surface area contributed by atoms with Gasteiger partial charge in [0.25, 0.3) is 14.2 Å². The fraction of sp³-hybridized carbons (Fsp3) is 0.375. The van der Waals surface area contributed by atoms with Crippen molar-refractivity contribution < 1.29 is 17.6 Å². The Morgan fingerprint density at radius 3 is 2.05 bits per heavy atom. The SMILES string of the molecule is C[C@@H](CCC(F)(F)CO[Si](c1ccccc1)(c1ccccc1)C(C)(C)C)CC1=CCc2ccc(F)cc21. The zero-order chi connectivity index (χ0) is 26.7. The Morgan fingerprint density at radius 2 is 1.49 bits per heavy atom. The van der Waals surface area contributed by atoms with Crippen LogP contribution in [0.2, 0.25) is 5.04 Å². The summed E-state index contributed by atoms with van der Waals surface area (Å²) in [5, 5.41) is 1.64. The molecular weight excluding hydrogens is 485 g/mol. The van der Waals surface area contributed by atoms with E-state index in [1.807, 2.05) is 73.7 Å². The molecule has 5 heteroatoms. The summed E-state index contributed by atoms with van der Waals surface area (Å²) in [6.07, 6.45) is 3.68. The number of allylic oxidation sites excluding steroid dienone is 2. The van der Waals surface area contributed by atoms with Gasteiger partial charge in [-0.05, 0) is 69.4 Å². The highest BCUT2D eigenvalue weighted by molar-refractivity contribution is 6.99. The van der Waals surface area contributed by atoms with Crippen LogP contribution in [0.4, 0.5) is 13.2 Å². The summed E-state index contributed by atoms with van der Waals surface area (Å²) in [6.45, 7) is 7.67. The molecule has 37 heavy (non-hydrogen) atoms. The predicted molar refractivity (Wildman–Crippen MR) is 150 cm³/mol. The number of halogens is 3. The molecule has 0 heterocycles. The van der Waals surface area contributed by atoms with E-state index in [0.717, 1.165) is 33.5 Å². The molecule has 196 valence electrons. The third-order valence-electron chi connectivity index (χ3n) is 7.47. The highest BCUT2D eigenvalue weighted by Gasteiger charge is 2.51. The molecule has 1 nitrogen and oxygen atoms in total. The summed E-state index contributed by atoms with van der Waals surface area (Å²) in [4.78, 5) is 0. The third-order valence-corrected chi connectivity index (χ3v) is 12.5. The molecule has 0 fully saturated rings. The maximum absolute atomic E-state index is 15.4. The molecule has 0 unspecified atom stereocenters. The van der Waals surface area contributed by atoms with E-state index in [0.29, 0.717) is 12.8 Å². The van der Waals surface area contributed by atoms with Crippen molar-refractivity contribution in [1.82, 2.24) is 0 Å². The van der Waals surface area contributed by atoms with E-state index in [9.17, 15) is 4.39 Å². The molecule has 0 saturated heterocycles. The average Bonchev–Trinajstić information content (AvgIpc) is 3.25. The van der Waals surface area contributed by atoms with Gasteiger partial charge in [-0.15, -0.1) is 0 Å². The summed E-state index contributed by atoms with van der Waals surface area (Å²) in [5.74, 6) is -3.15. The third kappa shape index (κ3) is 6.10. The monoisotopic (exact) mass is 522 g/mol. The Labute approximate surface area is 220 Å². The standard InChI is InChI=1S/C32H37F3OSi/c1-24(21-26-16-15-25-17-18-27(33)22-30(25)26)19-20-32(34,35)23-36-37(31(2,3)4,28-11-7-5-8-12-28)29-13-9-6-10-14-29/h5-14,16-18,22,24H,15,19-21,23H2,1-4H3/t24-/m0/s1. The Balaban J connectivity index is 1.47. The number of fused-ring (bicyclic) bond motifs is 1. The lowest BCUT2D eigenvalue weighted by Crippen LogP contribution is -2.67. The summed E-state index contributed by atoms with van der Waals surface area (Å²) >= 11 is 0. The molecule has 0 amide bonds. The first-order valence-electron chi connectivity index (χ1n) is 13.1. The van der Waals surface area contributed by atoms with E-state index >= 15 is 8.78 Å². The number of hydrogen-bond acceptors (Lipinski definition) is 1. The topological polar surface area (TPSA) is 9.23 Å². The molecule has 1 aliphatic carbocycles. The normalized spacial score (nSPS) is 14.8. The van der Waals surface area contributed by atoms with Crippen LogP contribution in [0, 0.1) is 11.7 Å². The van der Waals surface area contributed by atoms with Gasteiger partial charge in [0.15, 0.2) is 0 Å². The predicted octanol–water partition coefficient (Wildman–Crippen LogP) is 7.78. The van der Waals surface area contributed by atoms with Crippen molar-refractivity contribution in [1.29, 1.82) is 0 Å². The van der Waals surface area contributed by atoms with Crippen LogP contribution >= 0.6 is 0 Å². The maximum Gasteiger partial charge on any atom is 0.269 e. The first kappa shape index (κ1) is 27.4. The molecule has 0 radical (unpaired) electrons. The van der Waals surface area contributed by atoms with Crippen molar-refractivity contribution in [2.45, 2.75) is 64.3 Å². The van der Waals surface area contributed by atoms with Gasteiger partial charge in [-0.1, -0.05) is 101 Å². The van der Waals surface area contributed by atoms with Gasteiger partial charge in [-0.25, -0.2) is 13.2 Å². The van der Waals surface area contributed by atoms with Crippen LogP contribution < -0.4 is 10.4 Å². The highest BCUT2D eigenvalue weighted by Crippen LogP contribution is 2.39. The average molecular weight is 523 g/mol. The number of rotatable bonds is 10. The minimum absolute atomic E-state index is 0.0548. The first-order valence-corrected chi connectivity index (χ1v) is 15.0. The lowest BCUT2D eigenvalue weighted by Gasteiger charge is -2.43. The van der Waals surface area contributed by atoms with Crippen molar-refractivity contribution in [3.05, 3.63) is 102 Å². The zero-order valence-corrected chi connectivity index (χ0v) is 23.2. The van der Waals surface area contributed by atoms with Gasteiger partial charge < -0.3 is 4.43 Å². The van der Waals surface area contributed by atoms with Crippen LogP contribution in [0.15, 0.2) is 84.9 Å². The second-order valence-electron chi connectivity index (χ2n) is 11.4. The lowest BCUT2D eigenvalue weighted by molar-refractivity contribution is -0.0542. The molecule has 3 aromatic rings. The molecular formula is C32H37F3OSi. The minimum atomic E-state index is -3.01. The van der Waals surface area contributed by atoms with E-state index in [2.05, 4.69) is 26.8 Å². The van der Waals surface area contributed by atoms with Crippen LogP contribution in [0.3, 0.4) is 0 Å². The molecule has 3 aromatic carbocycles. The summed E-state index contributed by atoms with van der Waals surface area (Å²) < 4.78 is 51.0. The quantitative estimate of drug-likeness (QED) is 0.247. The molecule has 0 spiro atoms. The Morgan fingerprint density at radius 1 is 0.892 bits per heavy atom. The first-order chi connectivity index (χ1) is 17.5. The molecule has 4 rings (SSSR count). The van der Waals surface area contributed by atoms with E-state index in [-0.39, 0.29) is 23.2 Å². The minimum Gasteiger partial charge on any atom is -0.401 e.